The van der Waals surface area contributed by atoms with Gasteiger partial charge in [0.1, 0.15) is 11.5 Å². The Morgan fingerprint density at radius 2 is 1.61 bits per heavy atom. The molecule has 6 heteroatoms. The predicted octanol–water partition coefficient (Wildman–Crippen LogP) is 6.15. The second-order valence-electron chi connectivity index (χ2n) is 12.1. The van der Waals surface area contributed by atoms with E-state index in [1.165, 1.54) is 16.7 Å². The Balaban J connectivity index is 1.53. The van der Waals surface area contributed by atoms with Crippen molar-refractivity contribution in [3.05, 3.63) is 80.3 Å². The number of rotatable bonds is 10. The van der Waals surface area contributed by atoms with Crippen molar-refractivity contribution in [2.24, 2.45) is 13.0 Å². The third-order valence-electron chi connectivity index (χ3n) is 8.81. The first-order valence-electron chi connectivity index (χ1n) is 15.1. The molecule has 0 aliphatic carbocycles. The van der Waals surface area contributed by atoms with Crippen LogP contribution in [0.4, 0.5) is 0 Å². The van der Waals surface area contributed by atoms with Crippen molar-refractivity contribution in [3.8, 4) is 22.6 Å². The van der Waals surface area contributed by atoms with E-state index in [0.717, 1.165) is 84.9 Å². The van der Waals surface area contributed by atoms with Crippen molar-refractivity contribution in [2.75, 3.05) is 33.9 Å². The van der Waals surface area contributed by atoms with E-state index in [1.807, 2.05) is 20.0 Å². The Hall–Kier alpha value is -3.09. The van der Waals surface area contributed by atoms with Crippen molar-refractivity contribution >= 4 is 0 Å². The Kier molecular flexibility index (Phi) is 9.98. The van der Waals surface area contributed by atoms with Gasteiger partial charge in [-0.2, -0.15) is 0 Å². The summed E-state index contributed by atoms with van der Waals surface area (Å²) < 4.78 is 13.5. The van der Waals surface area contributed by atoms with E-state index in [-0.39, 0.29) is 5.56 Å². The lowest BCUT2D eigenvalue weighted by Crippen LogP contribution is -2.51. The quantitative estimate of drug-likeness (QED) is 0.298. The highest BCUT2D eigenvalue weighted by molar-refractivity contribution is 5.72. The van der Waals surface area contributed by atoms with Gasteiger partial charge in [0.15, 0.2) is 0 Å². The maximum atomic E-state index is 12.4. The first kappa shape index (κ1) is 30.9. The second kappa shape index (κ2) is 13.3. The minimum atomic E-state index is 0.0317. The van der Waals surface area contributed by atoms with Crippen LogP contribution in [0, 0.1) is 19.8 Å². The zero-order valence-electron chi connectivity index (χ0n) is 26.6. The molecule has 2 aromatic carbocycles. The summed E-state index contributed by atoms with van der Waals surface area (Å²) in [5.41, 5.74) is 9.37. The summed E-state index contributed by atoms with van der Waals surface area (Å²) in [6.07, 6.45) is 4.13. The molecule has 0 amide bonds. The van der Waals surface area contributed by atoms with Crippen molar-refractivity contribution in [3.63, 3.8) is 0 Å². The standard InChI is InChI=1S/C35H49N3O3/c1-10-30-27(16-23(2)3)12-11-13-28(30)20-38-15-14-37(19-24(38)4)22-32-33(40-8)17-29(18-34(32)41-9)31-21-36(7)35(39)26(6)25(31)5/h11-13,17-18,21,23-24H,10,14-16,19-20,22H2,1-9H3. The van der Waals surface area contributed by atoms with Crippen molar-refractivity contribution in [1.29, 1.82) is 0 Å². The summed E-state index contributed by atoms with van der Waals surface area (Å²) in [6.45, 7) is 17.9. The molecular formula is C35H49N3O3. The molecule has 1 fully saturated rings. The Labute approximate surface area is 246 Å². The van der Waals surface area contributed by atoms with E-state index >= 15 is 0 Å². The molecule has 0 bridgehead atoms. The molecule has 1 aliphatic rings. The largest absolute Gasteiger partial charge is 0.496 e. The highest BCUT2D eigenvalue weighted by Crippen LogP contribution is 2.37. The summed E-state index contributed by atoms with van der Waals surface area (Å²) >= 11 is 0. The van der Waals surface area contributed by atoms with Crippen LogP contribution in [-0.4, -0.2) is 54.3 Å². The normalized spacial score (nSPS) is 16.4. The average molecular weight is 560 g/mol. The summed E-state index contributed by atoms with van der Waals surface area (Å²) in [5.74, 6) is 2.29. The third-order valence-corrected chi connectivity index (χ3v) is 8.81. The zero-order valence-corrected chi connectivity index (χ0v) is 26.6. The third kappa shape index (κ3) is 6.70. The summed E-state index contributed by atoms with van der Waals surface area (Å²) in [6, 6.07) is 11.5. The molecule has 0 spiro atoms. The summed E-state index contributed by atoms with van der Waals surface area (Å²) in [5, 5.41) is 0. The molecule has 1 unspecified atom stereocenters. The molecule has 4 rings (SSSR count). The van der Waals surface area contributed by atoms with Crippen molar-refractivity contribution < 1.29 is 9.47 Å². The lowest BCUT2D eigenvalue weighted by atomic mass is 9.92. The molecule has 1 aliphatic heterocycles. The lowest BCUT2D eigenvalue weighted by molar-refractivity contribution is 0.0721. The van der Waals surface area contributed by atoms with E-state index in [0.29, 0.717) is 12.0 Å². The Morgan fingerprint density at radius 3 is 2.20 bits per heavy atom. The SMILES string of the molecule is CCc1c(CC(C)C)cccc1CN1CCN(Cc2c(OC)cc(-c3cn(C)c(=O)c(C)c3C)cc2OC)CC1C. The number of benzene rings is 2. The predicted molar refractivity (Wildman–Crippen MR) is 169 cm³/mol. The van der Waals surface area contributed by atoms with E-state index in [9.17, 15) is 4.79 Å². The topological polar surface area (TPSA) is 46.9 Å². The van der Waals surface area contributed by atoms with Gasteiger partial charge in [-0.15, -0.1) is 0 Å². The molecule has 0 N–H and O–H groups in total. The van der Waals surface area contributed by atoms with Gasteiger partial charge in [-0.3, -0.25) is 14.6 Å². The number of nitrogens with zero attached hydrogens (tertiary/aromatic N) is 3. The molecule has 1 saturated heterocycles. The van der Waals surface area contributed by atoms with Gasteiger partial charge in [-0.1, -0.05) is 39.0 Å². The van der Waals surface area contributed by atoms with Gasteiger partial charge in [0.05, 0.1) is 19.8 Å². The highest BCUT2D eigenvalue weighted by atomic mass is 16.5. The second-order valence-corrected chi connectivity index (χ2v) is 12.1. The monoisotopic (exact) mass is 559 g/mol. The van der Waals surface area contributed by atoms with Crippen LogP contribution in [0.3, 0.4) is 0 Å². The first-order chi connectivity index (χ1) is 19.6. The van der Waals surface area contributed by atoms with E-state index in [1.54, 1.807) is 25.8 Å². The fourth-order valence-electron chi connectivity index (χ4n) is 6.38. The van der Waals surface area contributed by atoms with Crippen molar-refractivity contribution in [2.45, 2.75) is 73.5 Å². The molecular weight excluding hydrogens is 510 g/mol. The first-order valence-corrected chi connectivity index (χ1v) is 15.1. The molecule has 0 saturated carbocycles. The maximum Gasteiger partial charge on any atom is 0.253 e. The number of hydrogen-bond acceptors (Lipinski definition) is 5. The number of aromatic nitrogens is 1. The van der Waals surface area contributed by atoms with Crippen LogP contribution in [0.5, 0.6) is 11.5 Å². The summed E-state index contributed by atoms with van der Waals surface area (Å²) in [4.78, 5) is 17.6. The number of pyridine rings is 1. The Morgan fingerprint density at radius 1 is 0.951 bits per heavy atom. The zero-order chi connectivity index (χ0) is 29.8. The maximum absolute atomic E-state index is 12.4. The molecule has 0 radical (unpaired) electrons. The molecule has 1 atom stereocenters. The smallest absolute Gasteiger partial charge is 0.253 e. The summed E-state index contributed by atoms with van der Waals surface area (Å²) in [7, 11) is 5.24. The number of ether oxygens (including phenoxy) is 2. The molecule has 222 valence electrons. The molecule has 3 aromatic rings. The fourth-order valence-corrected chi connectivity index (χ4v) is 6.38. The van der Waals surface area contributed by atoms with Gasteiger partial charge in [0.2, 0.25) is 0 Å². The minimum absolute atomic E-state index is 0.0317. The number of methoxy groups -OCH3 is 2. The van der Waals surface area contributed by atoms with Crippen LogP contribution in [0.1, 0.15) is 61.1 Å². The Bertz CT molecular complexity index is 1400. The van der Waals surface area contributed by atoms with Crippen LogP contribution in [0.15, 0.2) is 41.3 Å². The van der Waals surface area contributed by atoms with Gasteiger partial charge in [0, 0.05) is 63.1 Å². The molecule has 6 nitrogen and oxygen atoms in total. The number of piperazine rings is 1. The van der Waals surface area contributed by atoms with Gasteiger partial charge >= 0.3 is 0 Å². The molecule has 41 heavy (non-hydrogen) atoms. The van der Waals surface area contributed by atoms with Crippen LogP contribution >= 0.6 is 0 Å². The number of aryl methyl sites for hydroxylation is 1. The van der Waals surface area contributed by atoms with Gasteiger partial charge in [-0.25, -0.2) is 0 Å². The lowest BCUT2D eigenvalue weighted by Gasteiger charge is -2.40. The number of hydrogen-bond donors (Lipinski definition) is 0. The van der Waals surface area contributed by atoms with Crippen LogP contribution < -0.4 is 15.0 Å². The molecule has 1 aromatic heterocycles. The minimum Gasteiger partial charge on any atom is -0.496 e. The van der Waals surface area contributed by atoms with Gasteiger partial charge in [0.25, 0.3) is 5.56 Å². The fraction of sp³-hybridized carbons (Fsp3) is 0.514. The van der Waals surface area contributed by atoms with Crippen LogP contribution in [-0.2, 0) is 33.0 Å². The van der Waals surface area contributed by atoms with E-state index in [2.05, 4.69) is 67.8 Å². The van der Waals surface area contributed by atoms with Crippen LogP contribution in [0.2, 0.25) is 0 Å². The van der Waals surface area contributed by atoms with Gasteiger partial charge in [-0.05, 0) is 79.5 Å². The van der Waals surface area contributed by atoms with E-state index < -0.39 is 0 Å². The average Bonchev–Trinajstić information content (AvgIpc) is 2.95. The van der Waals surface area contributed by atoms with Crippen molar-refractivity contribution in [1.82, 2.24) is 14.4 Å². The highest BCUT2D eigenvalue weighted by Gasteiger charge is 2.27. The van der Waals surface area contributed by atoms with Gasteiger partial charge < -0.3 is 14.0 Å². The molecule has 2 heterocycles. The van der Waals surface area contributed by atoms with Crippen LogP contribution in [0.25, 0.3) is 11.1 Å². The van der Waals surface area contributed by atoms with E-state index in [4.69, 9.17) is 9.47 Å².